The van der Waals surface area contributed by atoms with Gasteiger partial charge < -0.3 is 9.47 Å². The number of carbonyl (C=O) groups excluding carboxylic acids is 1. The largest absolute Gasteiger partial charge is 0.497 e. The van der Waals surface area contributed by atoms with E-state index in [0.717, 1.165) is 10.0 Å². The average molecular weight is 554 g/mol. The molecule has 0 radical (unpaired) electrons. The van der Waals surface area contributed by atoms with E-state index in [1.165, 1.54) is 10.9 Å². The van der Waals surface area contributed by atoms with Crippen molar-refractivity contribution in [1.82, 2.24) is 9.66 Å². The van der Waals surface area contributed by atoms with Gasteiger partial charge in [-0.1, -0.05) is 58.4 Å². The second kappa shape index (κ2) is 10.6. The van der Waals surface area contributed by atoms with Gasteiger partial charge in [-0.25, -0.2) is 9.78 Å². The smallest absolute Gasteiger partial charge is 0.343 e. The maximum atomic E-state index is 13.4. The van der Waals surface area contributed by atoms with E-state index in [1.54, 1.807) is 67.8 Å². The number of hydrogen-bond acceptors (Lipinski definition) is 6. The zero-order chi connectivity index (χ0) is 25.8. The van der Waals surface area contributed by atoms with Crippen LogP contribution in [0.4, 0.5) is 0 Å². The fourth-order valence-corrected chi connectivity index (χ4v) is 4.10. The molecule has 5 aromatic rings. The van der Waals surface area contributed by atoms with Crippen molar-refractivity contribution < 1.29 is 14.3 Å². The van der Waals surface area contributed by atoms with Crippen LogP contribution in [-0.2, 0) is 0 Å². The molecule has 0 saturated carbocycles. The van der Waals surface area contributed by atoms with Crippen LogP contribution in [-0.4, -0.2) is 29.0 Å². The second-order valence-corrected chi connectivity index (χ2v) is 8.90. The number of halogens is 1. The van der Waals surface area contributed by atoms with Gasteiger partial charge in [-0.3, -0.25) is 4.79 Å². The fourth-order valence-electron chi connectivity index (χ4n) is 3.72. The molecule has 182 valence electrons. The molecule has 0 atom stereocenters. The van der Waals surface area contributed by atoms with E-state index < -0.39 is 5.97 Å². The first-order chi connectivity index (χ1) is 18.0. The first kappa shape index (κ1) is 24.1. The van der Waals surface area contributed by atoms with Crippen LogP contribution < -0.4 is 15.0 Å². The molecule has 0 bridgehead atoms. The summed E-state index contributed by atoms with van der Waals surface area (Å²) < 4.78 is 12.8. The summed E-state index contributed by atoms with van der Waals surface area (Å²) in [5, 5.41) is 4.94. The van der Waals surface area contributed by atoms with E-state index in [4.69, 9.17) is 14.5 Å². The molecule has 0 spiro atoms. The van der Waals surface area contributed by atoms with Gasteiger partial charge in [-0.15, -0.1) is 0 Å². The lowest BCUT2D eigenvalue weighted by atomic mass is 10.2. The van der Waals surface area contributed by atoms with Crippen molar-refractivity contribution >= 4 is 39.0 Å². The quantitative estimate of drug-likeness (QED) is 0.148. The molecular formula is C29H20BrN3O4. The first-order valence-electron chi connectivity index (χ1n) is 11.3. The highest BCUT2D eigenvalue weighted by atomic mass is 79.9. The van der Waals surface area contributed by atoms with Crippen LogP contribution in [0.1, 0.15) is 15.9 Å². The van der Waals surface area contributed by atoms with Crippen molar-refractivity contribution in [3.05, 3.63) is 123 Å². The SMILES string of the molecule is COc1ccc(C(=O)Oc2ccc(Br)cc2C=Nn2c(-c3ccccc3)nc3ccccc3c2=O)cc1. The number of para-hydroxylation sites is 1. The zero-order valence-electron chi connectivity index (χ0n) is 19.7. The summed E-state index contributed by atoms with van der Waals surface area (Å²) in [7, 11) is 1.56. The number of esters is 1. The van der Waals surface area contributed by atoms with Crippen LogP contribution in [0.2, 0.25) is 0 Å². The molecule has 0 aliphatic heterocycles. The third-order valence-corrected chi connectivity index (χ3v) is 6.09. The number of ether oxygens (including phenoxy) is 2. The monoisotopic (exact) mass is 553 g/mol. The van der Waals surface area contributed by atoms with Crippen molar-refractivity contribution in [2.24, 2.45) is 5.10 Å². The van der Waals surface area contributed by atoms with Crippen LogP contribution in [0.25, 0.3) is 22.3 Å². The normalized spacial score (nSPS) is 11.1. The Morgan fingerprint density at radius 3 is 2.43 bits per heavy atom. The van der Waals surface area contributed by atoms with Gasteiger partial charge in [0.1, 0.15) is 11.5 Å². The minimum Gasteiger partial charge on any atom is -0.497 e. The molecule has 0 amide bonds. The number of nitrogens with zero attached hydrogens (tertiary/aromatic N) is 3. The Labute approximate surface area is 220 Å². The number of fused-ring (bicyclic) bond motifs is 1. The lowest BCUT2D eigenvalue weighted by Crippen LogP contribution is -2.20. The molecule has 0 aliphatic rings. The standard InChI is InChI=1S/C29H20BrN3O4/c1-36-23-14-11-20(12-15-23)29(35)37-26-16-13-22(30)17-21(26)18-31-33-27(19-7-3-2-4-8-19)32-25-10-6-5-9-24(25)28(33)34/h2-18H,1H3. The third-order valence-electron chi connectivity index (χ3n) is 5.60. The molecule has 0 unspecified atom stereocenters. The Kier molecular flexibility index (Phi) is 6.91. The highest BCUT2D eigenvalue weighted by molar-refractivity contribution is 9.10. The molecular weight excluding hydrogens is 534 g/mol. The molecule has 0 aliphatic carbocycles. The van der Waals surface area contributed by atoms with Crippen LogP contribution in [0.3, 0.4) is 0 Å². The minimum atomic E-state index is -0.533. The molecule has 0 N–H and O–H groups in total. The molecule has 0 fully saturated rings. The van der Waals surface area contributed by atoms with Gasteiger partial charge in [-0.2, -0.15) is 9.78 Å². The Bertz CT molecular complexity index is 1680. The minimum absolute atomic E-state index is 0.288. The Morgan fingerprint density at radius 2 is 1.68 bits per heavy atom. The van der Waals surface area contributed by atoms with Gasteiger partial charge in [0.2, 0.25) is 0 Å². The van der Waals surface area contributed by atoms with Crippen molar-refractivity contribution in [3.8, 4) is 22.9 Å². The molecule has 4 aromatic carbocycles. The maximum absolute atomic E-state index is 13.4. The summed E-state index contributed by atoms with van der Waals surface area (Å²) >= 11 is 3.45. The summed E-state index contributed by atoms with van der Waals surface area (Å²) in [6.07, 6.45) is 1.48. The Morgan fingerprint density at radius 1 is 0.946 bits per heavy atom. The lowest BCUT2D eigenvalue weighted by molar-refractivity contribution is 0.0734. The Hall–Kier alpha value is -4.56. The van der Waals surface area contributed by atoms with Crippen molar-refractivity contribution in [2.45, 2.75) is 0 Å². The fraction of sp³-hybridized carbons (Fsp3) is 0.0345. The summed E-state index contributed by atoms with van der Waals surface area (Å²) in [6, 6.07) is 28.3. The predicted octanol–water partition coefficient (Wildman–Crippen LogP) is 5.94. The van der Waals surface area contributed by atoms with E-state index in [9.17, 15) is 9.59 Å². The molecule has 0 saturated heterocycles. The summed E-state index contributed by atoms with van der Waals surface area (Å²) in [5.41, 5.74) is 1.87. The number of methoxy groups -OCH3 is 1. The molecule has 8 heteroatoms. The maximum Gasteiger partial charge on any atom is 0.343 e. The number of benzene rings is 4. The van der Waals surface area contributed by atoms with Gasteiger partial charge in [-0.05, 0) is 54.6 Å². The summed E-state index contributed by atoms with van der Waals surface area (Å²) in [5.74, 6) is 0.786. The van der Waals surface area contributed by atoms with Gasteiger partial charge in [0, 0.05) is 15.6 Å². The zero-order valence-corrected chi connectivity index (χ0v) is 21.3. The molecule has 37 heavy (non-hydrogen) atoms. The summed E-state index contributed by atoms with van der Waals surface area (Å²) in [6.45, 7) is 0. The Balaban J connectivity index is 1.56. The predicted molar refractivity (Wildman–Crippen MR) is 147 cm³/mol. The average Bonchev–Trinajstić information content (AvgIpc) is 2.94. The van der Waals surface area contributed by atoms with Crippen molar-refractivity contribution in [2.75, 3.05) is 7.11 Å². The van der Waals surface area contributed by atoms with Crippen LogP contribution in [0.15, 0.2) is 111 Å². The van der Waals surface area contributed by atoms with Crippen LogP contribution >= 0.6 is 15.9 Å². The number of carbonyl (C=O) groups is 1. The summed E-state index contributed by atoms with van der Waals surface area (Å²) in [4.78, 5) is 30.9. The van der Waals surface area contributed by atoms with Gasteiger partial charge in [0.05, 0.1) is 29.8 Å². The number of rotatable bonds is 6. The van der Waals surface area contributed by atoms with Crippen molar-refractivity contribution in [1.29, 1.82) is 0 Å². The molecule has 1 aromatic heterocycles. The van der Waals surface area contributed by atoms with Crippen molar-refractivity contribution in [3.63, 3.8) is 0 Å². The molecule has 5 rings (SSSR count). The van der Waals surface area contributed by atoms with E-state index in [1.807, 2.05) is 36.4 Å². The highest BCUT2D eigenvalue weighted by Crippen LogP contribution is 2.24. The van der Waals surface area contributed by atoms with Crippen LogP contribution in [0, 0.1) is 0 Å². The number of hydrogen-bond donors (Lipinski definition) is 0. The topological polar surface area (TPSA) is 82.8 Å². The van der Waals surface area contributed by atoms with E-state index in [-0.39, 0.29) is 11.3 Å². The van der Waals surface area contributed by atoms with Crippen LogP contribution in [0.5, 0.6) is 11.5 Å². The highest BCUT2D eigenvalue weighted by Gasteiger charge is 2.14. The van der Waals surface area contributed by atoms with E-state index in [0.29, 0.717) is 33.6 Å². The molecule has 7 nitrogen and oxygen atoms in total. The number of aromatic nitrogens is 2. The van der Waals surface area contributed by atoms with E-state index >= 15 is 0 Å². The molecule has 1 heterocycles. The second-order valence-electron chi connectivity index (χ2n) is 7.98. The van der Waals surface area contributed by atoms with Gasteiger partial charge >= 0.3 is 5.97 Å². The lowest BCUT2D eigenvalue weighted by Gasteiger charge is -2.11. The first-order valence-corrected chi connectivity index (χ1v) is 12.1. The van der Waals surface area contributed by atoms with E-state index in [2.05, 4.69) is 21.0 Å². The third kappa shape index (κ3) is 5.19. The van der Waals surface area contributed by atoms with Gasteiger partial charge in [0.25, 0.3) is 5.56 Å². The van der Waals surface area contributed by atoms with Gasteiger partial charge in [0.15, 0.2) is 5.82 Å².